The van der Waals surface area contributed by atoms with Crippen molar-refractivity contribution in [3.05, 3.63) is 47.1 Å². The lowest BCUT2D eigenvalue weighted by molar-refractivity contribution is 0.00578. The fourth-order valence-corrected chi connectivity index (χ4v) is 4.70. The highest BCUT2D eigenvalue weighted by Gasteiger charge is 2.52. The van der Waals surface area contributed by atoms with Crippen LogP contribution in [-0.2, 0) is 24.9 Å². The molecule has 0 saturated carbocycles. The molecule has 28 heavy (non-hydrogen) atoms. The molecule has 150 valence electrons. The Hall–Kier alpha value is -1.61. The fourth-order valence-electron chi connectivity index (χ4n) is 2.85. The molecule has 1 aromatic carbocycles. The van der Waals surface area contributed by atoms with Crippen molar-refractivity contribution in [1.82, 2.24) is 4.98 Å². The van der Waals surface area contributed by atoms with Gasteiger partial charge in [-0.05, 0) is 45.9 Å². The van der Waals surface area contributed by atoms with Gasteiger partial charge in [-0.2, -0.15) is 0 Å². The Morgan fingerprint density at radius 2 is 1.68 bits per heavy atom. The number of methoxy groups -OCH3 is 1. The van der Waals surface area contributed by atoms with Crippen molar-refractivity contribution in [1.29, 1.82) is 0 Å². The lowest BCUT2D eigenvalue weighted by Gasteiger charge is -2.32. The van der Waals surface area contributed by atoms with E-state index in [4.69, 9.17) is 25.6 Å². The standard InChI is InChI=1S/C19H23BClNO5S/c1-18(2)19(3,4)27-20(26-18)14-11-10-13(22-17(14)25-5)12-28(23,24)16-9-7-6-8-15(16)21/h6-11H,12H2,1-5H3. The Kier molecular flexibility index (Phi) is 5.53. The second-order valence-corrected chi connectivity index (χ2v) is 10.0. The Balaban J connectivity index is 1.90. The molecular formula is C19H23BClNO5S. The minimum absolute atomic E-state index is 0.0764. The van der Waals surface area contributed by atoms with E-state index in [1.807, 2.05) is 27.7 Å². The van der Waals surface area contributed by atoms with E-state index < -0.39 is 28.2 Å². The lowest BCUT2D eigenvalue weighted by atomic mass is 9.79. The van der Waals surface area contributed by atoms with Gasteiger partial charge in [0.1, 0.15) is 0 Å². The maximum Gasteiger partial charge on any atom is 0.500 e. The predicted molar refractivity (Wildman–Crippen MR) is 109 cm³/mol. The van der Waals surface area contributed by atoms with Crippen LogP contribution in [0, 0.1) is 0 Å². The van der Waals surface area contributed by atoms with E-state index in [0.29, 0.717) is 11.2 Å². The van der Waals surface area contributed by atoms with Crippen LogP contribution in [0.25, 0.3) is 0 Å². The molecule has 0 spiro atoms. The maximum atomic E-state index is 12.7. The number of ether oxygens (including phenoxy) is 1. The van der Waals surface area contributed by atoms with Crippen LogP contribution < -0.4 is 10.2 Å². The van der Waals surface area contributed by atoms with Crippen molar-refractivity contribution in [3.63, 3.8) is 0 Å². The molecule has 1 aromatic heterocycles. The molecule has 1 aliphatic rings. The van der Waals surface area contributed by atoms with Crippen LogP contribution >= 0.6 is 11.6 Å². The molecule has 2 heterocycles. The first-order chi connectivity index (χ1) is 13.0. The number of benzene rings is 1. The van der Waals surface area contributed by atoms with Gasteiger partial charge in [0.25, 0.3) is 0 Å². The quantitative estimate of drug-likeness (QED) is 0.688. The average Bonchev–Trinajstić information content (AvgIpc) is 2.82. The summed E-state index contributed by atoms with van der Waals surface area (Å²) in [7, 11) is -2.83. The molecule has 9 heteroatoms. The monoisotopic (exact) mass is 423 g/mol. The zero-order valence-electron chi connectivity index (χ0n) is 16.5. The van der Waals surface area contributed by atoms with Crippen LogP contribution in [0.4, 0.5) is 0 Å². The van der Waals surface area contributed by atoms with Gasteiger partial charge in [-0.1, -0.05) is 29.8 Å². The number of hydrogen-bond donors (Lipinski definition) is 0. The van der Waals surface area contributed by atoms with Gasteiger partial charge in [0.2, 0.25) is 5.88 Å². The molecule has 6 nitrogen and oxygen atoms in total. The summed E-state index contributed by atoms with van der Waals surface area (Å²) < 4.78 is 42.9. The van der Waals surface area contributed by atoms with E-state index >= 15 is 0 Å². The molecule has 3 rings (SSSR count). The highest BCUT2D eigenvalue weighted by molar-refractivity contribution is 7.90. The van der Waals surface area contributed by atoms with Crippen molar-refractivity contribution in [2.45, 2.75) is 49.5 Å². The number of nitrogens with zero attached hydrogens (tertiary/aromatic N) is 1. The molecule has 2 aromatic rings. The van der Waals surface area contributed by atoms with Crippen LogP contribution in [0.3, 0.4) is 0 Å². The van der Waals surface area contributed by atoms with Crippen LogP contribution in [-0.4, -0.2) is 38.8 Å². The molecule has 0 atom stereocenters. The smallest absolute Gasteiger partial charge is 0.481 e. The zero-order chi connectivity index (χ0) is 20.7. The third-order valence-electron chi connectivity index (χ3n) is 5.16. The molecule has 1 aliphatic heterocycles. The summed E-state index contributed by atoms with van der Waals surface area (Å²) in [6.45, 7) is 7.82. The molecule has 0 N–H and O–H groups in total. The third-order valence-corrected chi connectivity index (χ3v) is 7.30. The lowest BCUT2D eigenvalue weighted by Crippen LogP contribution is -2.41. The number of halogens is 1. The first kappa shape index (κ1) is 21.1. The normalized spacial score (nSPS) is 18.3. The van der Waals surface area contributed by atoms with Gasteiger partial charge in [-0.25, -0.2) is 13.4 Å². The molecule has 0 aliphatic carbocycles. The van der Waals surface area contributed by atoms with Gasteiger partial charge in [0.15, 0.2) is 9.84 Å². The van der Waals surface area contributed by atoms with Crippen LogP contribution in [0.5, 0.6) is 5.88 Å². The van der Waals surface area contributed by atoms with Crippen molar-refractivity contribution in [2.75, 3.05) is 7.11 Å². The third kappa shape index (κ3) is 3.92. The largest absolute Gasteiger partial charge is 0.500 e. The topological polar surface area (TPSA) is 74.7 Å². The second-order valence-electron chi connectivity index (χ2n) is 7.68. The van der Waals surface area contributed by atoms with Gasteiger partial charge >= 0.3 is 7.12 Å². The van der Waals surface area contributed by atoms with Gasteiger partial charge in [0.05, 0.1) is 39.7 Å². The summed E-state index contributed by atoms with van der Waals surface area (Å²) in [5.74, 6) is -0.0260. The summed E-state index contributed by atoms with van der Waals surface area (Å²) >= 11 is 6.04. The SMILES string of the molecule is COc1nc(CS(=O)(=O)c2ccccc2Cl)ccc1B1OC(C)(C)C(C)(C)O1. The molecular weight excluding hydrogens is 401 g/mol. The summed E-state index contributed by atoms with van der Waals surface area (Å²) in [6, 6.07) is 9.70. The predicted octanol–water partition coefficient (Wildman–Crippen LogP) is 3.02. The number of hydrogen-bond acceptors (Lipinski definition) is 6. The van der Waals surface area contributed by atoms with Gasteiger partial charge in [0, 0.05) is 5.46 Å². The van der Waals surface area contributed by atoms with E-state index in [0.717, 1.165) is 0 Å². The second kappa shape index (κ2) is 7.33. The zero-order valence-corrected chi connectivity index (χ0v) is 18.1. The van der Waals surface area contributed by atoms with Crippen molar-refractivity contribution >= 4 is 34.0 Å². The molecule has 1 saturated heterocycles. The van der Waals surface area contributed by atoms with E-state index in [1.54, 1.807) is 30.3 Å². The number of aromatic nitrogens is 1. The van der Waals surface area contributed by atoms with Gasteiger partial charge in [-0.15, -0.1) is 0 Å². The Bertz CT molecular complexity index is 978. The highest BCUT2D eigenvalue weighted by Crippen LogP contribution is 2.37. The van der Waals surface area contributed by atoms with Crippen molar-refractivity contribution in [3.8, 4) is 5.88 Å². The summed E-state index contributed by atoms with van der Waals surface area (Å²) in [6.07, 6.45) is 0. The molecule has 0 unspecified atom stereocenters. The van der Waals surface area contributed by atoms with Gasteiger partial charge < -0.3 is 14.0 Å². The summed E-state index contributed by atoms with van der Waals surface area (Å²) in [5, 5.41) is 0.184. The minimum Gasteiger partial charge on any atom is -0.481 e. The highest BCUT2D eigenvalue weighted by atomic mass is 35.5. The molecule has 0 radical (unpaired) electrons. The number of rotatable bonds is 5. The first-order valence-corrected chi connectivity index (χ1v) is 10.9. The van der Waals surface area contributed by atoms with E-state index in [1.165, 1.54) is 13.2 Å². The Morgan fingerprint density at radius 3 is 2.25 bits per heavy atom. The number of pyridine rings is 1. The first-order valence-electron chi connectivity index (χ1n) is 8.83. The van der Waals surface area contributed by atoms with Crippen LogP contribution in [0.15, 0.2) is 41.3 Å². The van der Waals surface area contributed by atoms with Crippen LogP contribution in [0.1, 0.15) is 33.4 Å². The van der Waals surface area contributed by atoms with E-state index in [2.05, 4.69) is 4.98 Å². The molecule has 0 amide bonds. The summed E-state index contributed by atoms with van der Waals surface area (Å²) in [5.41, 5.74) is -0.0548. The fraction of sp³-hybridized carbons (Fsp3) is 0.421. The molecule has 1 fully saturated rings. The maximum absolute atomic E-state index is 12.7. The Labute approximate surface area is 171 Å². The van der Waals surface area contributed by atoms with Crippen molar-refractivity contribution in [2.24, 2.45) is 0 Å². The summed E-state index contributed by atoms with van der Waals surface area (Å²) in [4.78, 5) is 4.44. The number of sulfone groups is 1. The van der Waals surface area contributed by atoms with Crippen molar-refractivity contribution < 1.29 is 22.5 Å². The minimum atomic E-state index is -3.65. The van der Waals surface area contributed by atoms with E-state index in [-0.39, 0.29) is 21.6 Å². The van der Waals surface area contributed by atoms with E-state index in [9.17, 15) is 8.42 Å². The van der Waals surface area contributed by atoms with Crippen LogP contribution in [0.2, 0.25) is 5.02 Å². The molecule has 0 bridgehead atoms. The van der Waals surface area contributed by atoms with Gasteiger partial charge in [-0.3, -0.25) is 0 Å². The average molecular weight is 424 g/mol. The Morgan fingerprint density at radius 1 is 1.07 bits per heavy atom.